The second-order valence-corrected chi connectivity index (χ2v) is 5.51. The van der Waals surface area contributed by atoms with Crippen LogP contribution in [0.5, 0.6) is 0 Å². The fraction of sp³-hybridized carbons (Fsp3) is 0.286. The van der Waals surface area contributed by atoms with Crippen molar-refractivity contribution in [3.8, 4) is 0 Å². The summed E-state index contributed by atoms with van der Waals surface area (Å²) < 4.78 is 38.5. The van der Waals surface area contributed by atoms with Crippen LogP contribution in [0.3, 0.4) is 0 Å². The minimum atomic E-state index is -4.59. The molecule has 1 aromatic heterocycles. The molecule has 0 saturated heterocycles. The third-order valence-electron chi connectivity index (χ3n) is 3.55. The van der Waals surface area contributed by atoms with Crippen LogP contribution in [0.1, 0.15) is 27.3 Å². The van der Waals surface area contributed by atoms with Gasteiger partial charge in [-0.25, -0.2) is 0 Å². The van der Waals surface area contributed by atoms with Crippen molar-refractivity contribution in [2.45, 2.75) is 19.1 Å². The standard InChI is InChI=1S/C14H12ClF3N4O/c15-10-2-1-7(5-9(10)14(16,17)18)20-13(23)12-8-6-19-4-3-11(8)21-22-12/h1-2,5,19H,3-4,6H2,(H,20,23)(H,21,22). The molecule has 2 heterocycles. The van der Waals surface area contributed by atoms with Gasteiger partial charge in [0.2, 0.25) is 0 Å². The SMILES string of the molecule is O=C(Nc1ccc(Cl)c(C(F)(F)F)c1)c1n[nH]c2c1CNCC2. The molecule has 0 aliphatic carbocycles. The molecule has 3 N–H and O–H groups in total. The highest BCUT2D eigenvalue weighted by molar-refractivity contribution is 6.31. The number of fused-ring (bicyclic) bond motifs is 1. The predicted molar refractivity (Wildman–Crippen MR) is 78.4 cm³/mol. The first-order valence-corrected chi connectivity index (χ1v) is 7.19. The van der Waals surface area contributed by atoms with E-state index in [9.17, 15) is 18.0 Å². The van der Waals surface area contributed by atoms with Crippen LogP contribution in [0.25, 0.3) is 0 Å². The van der Waals surface area contributed by atoms with Gasteiger partial charge in [-0.2, -0.15) is 18.3 Å². The van der Waals surface area contributed by atoms with Gasteiger partial charge in [-0.05, 0) is 18.2 Å². The molecule has 0 bridgehead atoms. The van der Waals surface area contributed by atoms with Crippen molar-refractivity contribution >= 4 is 23.2 Å². The average molecular weight is 345 g/mol. The second-order valence-electron chi connectivity index (χ2n) is 5.10. The molecule has 5 nitrogen and oxygen atoms in total. The van der Waals surface area contributed by atoms with E-state index < -0.39 is 22.7 Å². The summed E-state index contributed by atoms with van der Waals surface area (Å²) in [6.07, 6.45) is -3.87. The molecule has 1 aliphatic rings. The van der Waals surface area contributed by atoms with Crippen molar-refractivity contribution < 1.29 is 18.0 Å². The second kappa shape index (κ2) is 5.86. The molecule has 0 saturated carbocycles. The molecule has 1 aliphatic heterocycles. The minimum Gasteiger partial charge on any atom is -0.321 e. The zero-order chi connectivity index (χ0) is 16.6. The van der Waals surface area contributed by atoms with Gasteiger partial charge in [-0.15, -0.1) is 0 Å². The molecule has 122 valence electrons. The first kappa shape index (κ1) is 15.8. The molecule has 1 amide bonds. The van der Waals surface area contributed by atoms with Gasteiger partial charge in [0.1, 0.15) is 0 Å². The Balaban J connectivity index is 1.85. The molecule has 3 rings (SSSR count). The number of alkyl halides is 3. The number of nitrogens with zero attached hydrogens (tertiary/aromatic N) is 1. The highest BCUT2D eigenvalue weighted by Crippen LogP contribution is 2.36. The average Bonchev–Trinajstić information content (AvgIpc) is 2.92. The summed E-state index contributed by atoms with van der Waals surface area (Å²) in [7, 11) is 0. The van der Waals surface area contributed by atoms with E-state index in [1.165, 1.54) is 6.07 Å². The van der Waals surface area contributed by atoms with E-state index in [2.05, 4.69) is 20.8 Å². The molecule has 0 unspecified atom stereocenters. The van der Waals surface area contributed by atoms with Crippen LogP contribution in [0.15, 0.2) is 18.2 Å². The Hall–Kier alpha value is -2.06. The van der Waals surface area contributed by atoms with Crippen LogP contribution in [-0.2, 0) is 19.1 Å². The molecule has 0 spiro atoms. The van der Waals surface area contributed by atoms with Crippen LogP contribution >= 0.6 is 11.6 Å². The Morgan fingerprint density at radius 3 is 2.87 bits per heavy atom. The number of carbonyl (C=O) groups is 1. The lowest BCUT2D eigenvalue weighted by Crippen LogP contribution is -2.25. The number of hydrogen-bond donors (Lipinski definition) is 3. The van der Waals surface area contributed by atoms with E-state index in [4.69, 9.17) is 11.6 Å². The lowest BCUT2D eigenvalue weighted by atomic mass is 10.1. The summed E-state index contributed by atoms with van der Waals surface area (Å²) in [6.45, 7) is 1.27. The van der Waals surface area contributed by atoms with E-state index in [1.54, 1.807) is 0 Å². The number of hydrogen-bond acceptors (Lipinski definition) is 3. The molecule has 0 fully saturated rings. The predicted octanol–water partition coefficient (Wildman–Crippen LogP) is 2.98. The zero-order valence-electron chi connectivity index (χ0n) is 11.7. The number of aromatic nitrogens is 2. The molecule has 2 aromatic rings. The van der Waals surface area contributed by atoms with Crippen molar-refractivity contribution in [1.29, 1.82) is 0 Å². The van der Waals surface area contributed by atoms with E-state index in [0.717, 1.165) is 36.4 Å². The van der Waals surface area contributed by atoms with Crippen LogP contribution in [0.2, 0.25) is 5.02 Å². The fourth-order valence-corrected chi connectivity index (χ4v) is 2.65. The van der Waals surface area contributed by atoms with E-state index in [-0.39, 0.29) is 11.4 Å². The number of anilines is 1. The number of aromatic amines is 1. The topological polar surface area (TPSA) is 69.8 Å². The minimum absolute atomic E-state index is 0.00671. The largest absolute Gasteiger partial charge is 0.417 e. The quantitative estimate of drug-likeness (QED) is 0.784. The van der Waals surface area contributed by atoms with Crippen molar-refractivity contribution in [1.82, 2.24) is 15.5 Å². The fourth-order valence-electron chi connectivity index (χ4n) is 2.42. The van der Waals surface area contributed by atoms with E-state index in [0.29, 0.717) is 6.54 Å². The first-order valence-electron chi connectivity index (χ1n) is 6.81. The van der Waals surface area contributed by atoms with Crippen LogP contribution in [-0.4, -0.2) is 22.6 Å². The van der Waals surface area contributed by atoms with Gasteiger partial charge in [0, 0.05) is 36.5 Å². The number of halogens is 4. The summed E-state index contributed by atoms with van der Waals surface area (Å²) in [5.41, 5.74) is 0.783. The number of rotatable bonds is 2. The normalized spacial score (nSPS) is 14.4. The maximum Gasteiger partial charge on any atom is 0.417 e. The third kappa shape index (κ3) is 3.18. The first-order chi connectivity index (χ1) is 10.9. The Morgan fingerprint density at radius 2 is 2.13 bits per heavy atom. The van der Waals surface area contributed by atoms with Crippen LogP contribution < -0.4 is 10.6 Å². The molecule has 0 atom stereocenters. The number of H-pyrrole nitrogens is 1. The molecule has 0 radical (unpaired) electrons. The van der Waals surface area contributed by atoms with Crippen molar-refractivity contribution in [3.63, 3.8) is 0 Å². The third-order valence-corrected chi connectivity index (χ3v) is 3.88. The summed E-state index contributed by atoms with van der Waals surface area (Å²) in [4.78, 5) is 12.3. The number of nitrogens with one attached hydrogen (secondary N) is 3. The van der Waals surface area contributed by atoms with Crippen molar-refractivity contribution in [2.24, 2.45) is 0 Å². The van der Waals surface area contributed by atoms with Gasteiger partial charge in [-0.3, -0.25) is 9.89 Å². The number of amides is 1. The highest BCUT2D eigenvalue weighted by Gasteiger charge is 2.33. The lowest BCUT2D eigenvalue weighted by molar-refractivity contribution is -0.137. The van der Waals surface area contributed by atoms with Crippen molar-refractivity contribution in [3.05, 3.63) is 45.7 Å². The van der Waals surface area contributed by atoms with Gasteiger partial charge in [0.15, 0.2) is 5.69 Å². The summed E-state index contributed by atoms with van der Waals surface area (Å²) in [5, 5.41) is 11.9. The zero-order valence-corrected chi connectivity index (χ0v) is 12.5. The van der Waals surface area contributed by atoms with Crippen LogP contribution in [0.4, 0.5) is 18.9 Å². The number of benzene rings is 1. The molecular weight excluding hydrogens is 333 g/mol. The highest BCUT2D eigenvalue weighted by atomic mass is 35.5. The van der Waals surface area contributed by atoms with Crippen LogP contribution in [0, 0.1) is 0 Å². The Bertz CT molecular complexity index is 757. The van der Waals surface area contributed by atoms with Gasteiger partial charge in [0.25, 0.3) is 5.91 Å². The smallest absolute Gasteiger partial charge is 0.321 e. The van der Waals surface area contributed by atoms with Crippen molar-refractivity contribution in [2.75, 3.05) is 11.9 Å². The summed E-state index contributed by atoms with van der Waals surface area (Å²) >= 11 is 5.55. The van der Waals surface area contributed by atoms with Gasteiger partial charge >= 0.3 is 6.18 Å². The van der Waals surface area contributed by atoms with Gasteiger partial charge in [0.05, 0.1) is 10.6 Å². The summed E-state index contributed by atoms with van der Waals surface area (Å²) in [5.74, 6) is -0.568. The Labute approximate surface area is 134 Å². The monoisotopic (exact) mass is 344 g/mol. The molecule has 1 aromatic carbocycles. The van der Waals surface area contributed by atoms with Gasteiger partial charge in [-0.1, -0.05) is 11.6 Å². The summed E-state index contributed by atoms with van der Waals surface area (Å²) in [6, 6.07) is 3.21. The molecular formula is C14H12ClF3N4O. The maximum atomic E-state index is 12.8. The Morgan fingerprint density at radius 1 is 1.35 bits per heavy atom. The molecule has 23 heavy (non-hydrogen) atoms. The molecule has 9 heteroatoms. The lowest BCUT2D eigenvalue weighted by Gasteiger charge is -2.14. The number of carbonyl (C=O) groups excluding carboxylic acids is 1. The van der Waals surface area contributed by atoms with E-state index >= 15 is 0 Å². The van der Waals surface area contributed by atoms with E-state index in [1.807, 2.05) is 0 Å². The Kier molecular flexibility index (Phi) is 4.03. The van der Waals surface area contributed by atoms with Gasteiger partial charge < -0.3 is 10.6 Å². The maximum absolute atomic E-state index is 12.8.